The van der Waals surface area contributed by atoms with Crippen LogP contribution in [0, 0.1) is 0 Å². The van der Waals surface area contributed by atoms with Crippen molar-refractivity contribution in [3.05, 3.63) is 41.5 Å². The van der Waals surface area contributed by atoms with E-state index in [0.29, 0.717) is 24.3 Å². The minimum absolute atomic E-state index is 0.245. The molecule has 0 fully saturated rings. The number of carbonyl (C=O) groups is 2. The summed E-state index contributed by atoms with van der Waals surface area (Å²) in [6, 6.07) is 7.40. The molecule has 94 valence electrons. The van der Waals surface area contributed by atoms with Gasteiger partial charge in [-0.25, -0.2) is 4.90 Å². The average molecular weight is 245 g/mol. The van der Waals surface area contributed by atoms with Gasteiger partial charge in [0.2, 0.25) is 0 Å². The molecule has 0 aliphatic carbocycles. The maximum Gasteiger partial charge on any atom is 0.261 e. The number of ether oxygens (including phenoxy) is 1. The van der Waals surface area contributed by atoms with Crippen LogP contribution in [0.5, 0.6) is 0 Å². The number of imide groups is 1. The fourth-order valence-corrected chi connectivity index (χ4v) is 1.97. The summed E-state index contributed by atoms with van der Waals surface area (Å²) in [7, 11) is 1.63. The molecule has 0 atom stereocenters. The van der Waals surface area contributed by atoms with E-state index in [1.807, 2.05) is 18.2 Å². The number of hydrogen-bond donors (Lipinski definition) is 0. The Labute approximate surface area is 106 Å². The zero-order chi connectivity index (χ0) is 13.1. The zero-order valence-corrected chi connectivity index (χ0v) is 10.5. The van der Waals surface area contributed by atoms with Crippen molar-refractivity contribution < 1.29 is 14.3 Å². The predicted molar refractivity (Wildman–Crippen MR) is 68.3 cm³/mol. The lowest BCUT2D eigenvalue weighted by atomic mass is 10.1. The van der Waals surface area contributed by atoms with Gasteiger partial charge in [-0.2, -0.15) is 0 Å². The maximum absolute atomic E-state index is 11.9. The highest BCUT2D eigenvalue weighted by Crippen LogP contribution is 2.26. The molecular formula is C14H15NO3. The standard InChI is InChI=1S/C14H15NO3/c1-10-9-13(16)15(14(10)17)12-6-4-3-5-11(12)7-8-18-2/h3-6,9H,7-8H2,1-2H3. The van der Waals surface area contributed by atoms with E-state index >= 15 is 0 Å². The molecule has 2 rings (SSSR count). The topological polar surface area (TPSA) is 46.6 Å². The van der Waals surface area contributed by atoms with Crippen molar-refractivity contribution in [2.24, 2.45) is 0 Å². The first-order chi connectivity index (χ1) is 8.65. The van der Waals surface area contributed by atoms with Crippen molar-refractivity contribution in [1.29, 1.82) is 0 Å². The van der Waals surface area contributed by atoms with E-state index < -0.39 is 0 Å². The molecule has 1 aromatic rings. The Morgan fingerprint density at radius 2 is 1.94 bits per heavy atom. The second-order valence-corrected chi connectivity index (χ2v) is 4.18. The first-order valence-electron chi connectivity index (χ1n) is 5.78. The van der Waals surface area contributed by atoms with Crippen molar-refractivity contribution in [2.45, 2.75) is 13.3 Å². The molecule has 0 saturated carbocycles. The summed E-state index contributed by atoms with van der Waals surface area (Å²) in [6.45, 7) is 2.21. The average Bonchev–Trinajstić information content (AvgIpc) is 2.61. The first-order valence-corrected chi connectivity index (χ1v) is 5.78. The molecule has 1 aliphatic heterocycles. The molecule has 0 spiro atoms. The summed E-state index contributed by atoms with van der Waals surface area (Å²) in [4.78, 5) is 25.0. The minimum atomic E-state index is -0.276. The molecule has 4 nitrogen and oxygen atoms in total. The number of carbonyl (C=O) groups excluding carboxylic acids is 2. The zero-order valence-electron chi connectivity index (χ0n) is 10.5. The lowest BCUT2D eigenvalue weighted by Gasteiger charge is -2.18. The molecule has 0 aromatic heterocycles. The molecule has 0 N–H and O–H groups in total. The van der Waals surface area contributed by atoms with Crippen LogP contribution in [0.4, 0.5) is 5.69 Å². The van der Waals surface area contributed by atoms with Crippen molar-refractivity contribution in [1.82, 2.24) is 0 Å². The number of nitrogens with zero attached hydrogens (tertiary/aromatic N) is 1. The molecule has 1 aliphatic rings. The highest BCUT2D eigenvalue weighted by Gasteiger charge is 2.30. The normalized spacial score (nSPS) is 15.2. The SMILES string of the molecule is COCCc1ccccc1N1C(=O)C=C(C)C1=O. The molecule has 18 heavy (non-hydrogen) atoms. The third-order valence-electron chi connectivity index (χ3n) is 2.91. The minimum Gasteiger partial charge on any atom is -0.384 e. The van der Waals surface area contributed by atoms with Gasteiger partial charge in [-0.15, -0.1) is 0 Å². The number of hydrogen-bond acceptors (Lipinski definition) is 3. The summed E-state index contributed by atoms with van der Waals surface area (Å²) in [5, 5.41) is 0. The van der Waals surface area contributed by atoms with E-state index in [1.54, 1.807) is 20.1 Å². The van der Waals surface area contributed by atoms with Gasteiger partial charge in [-0.3, -0.25) is 9.59 Å². The fourth-order valence-electron chi connectivity index (χ4n) is 1.97. The lowest BCUT2D eigenvalue weighted by Crippen LogP contribution is -2.31. The lowest BCUT2D eigenvalue weighted by molar-refractivity contribution is -0.120. The van der Waals surface area contributed by atoms with Gasteiger partial charge in [0, 0.05) is 18.8 Å². The molecule has 0 saturated heterocycles. The molecule has 0 radical (unpaired) electrons. The van der Waals surface area contributed by atoms with Crippen LogP contribution in [0.2, 0.25) is 0 Å². The van der Waals surface area contributed by atoms with Crippen LogP contribution in [0.15, 0.2) is 35.9 Å². The van der Waals surface area contributed by atoms with Crippen LogP contribution in [0.3, 0.4) is 0 Å². The van der Waals surface area contributed by atoms with Crippen molar-refractivity contribution >= 4 is 17.5 Å². The van der Waals surface area contributed by atoms with Gasteiger partial charge in [0.1, 0.15) is 0 Å². The van der Waals surface area contributed by atoms with Gasteiger partial charge in [0.05, 0.1) is 12.3 Å². The van der Waals surface area contributed by atoms with Crippen LogP contribution in [0.1, 0.15) is 12.5 Å². The van der Waals surface area contributed by atoms with Crippen LogP contribution >= 0.6 is 0 Å². The van der Waals surface area contributed by atoms with Crippen LogP contribution in [0.25, 0.3) is 0 Å². The largest absolute Gasteiger partial charge is 0.384 e. The Balaban J connectivity index is 2.34. The summed E-state index contributed by atoms with van der Waals surface area (Å²) in [5.74, 6) is -0.521. The number of benzene rings is 1. The van der Waals surface area contributed by atoms with E-state index in [4.69, 9.17) is 4.74 Å². The Kier molecular flexibility index (Phi) is 3.58. The number of para-hydroxylation sites is 1. The predicted octanol–water partition coefficient (Wildman–Crippen LogP) is 1.70. The van der Waals surface area contributed by atoms with Crippen LogP contribution in [-0.2, 0) is 20.7 Å². The van der Waals surface area contributed by atoms with Crippen LogP contribution < -0.4 is 4.90 Å². The highest BCUT2D eigenvalue weighted by molar-refractivity contribution is 6.30. The Bertz CT molecular complexity index is 520. The van der Waals surface area contributed by atoms with Gasteiger partial charge >= 0.3 is 0 Å². The first kappa shape index (κ1) is 12.5. The van der Waals surface area contributed by atoms with E-state index in [2.05, 4.69) is 0 Å². The van der Waals surface area contributed by atoms with Gasteiger partial charge in [-0.1, -0.05) is 18.2 Å². The summed E-state index contributed by atoms with van der Waals surface area (Å²) in [6.07, 6.45) is 2.04. The number of methoxy groups -OCH3 is 1. The van der Waals surface area contributed by atoms with Crippen molar-refractivity contribution in [2.75, 3.05) is 18.6 Å². The molecule has 0 unspecified atom stereocenters. The summed E-state index contributed by atoms with van der Waals surface area (Å²) < 4.78 is 5.04. The smallest absolute Gasteiger partial charge is 0.261 e. The van der Waals surface area contributed by atoms with Gasteiger partial charge in [-0.05, 0) is 25.0 Å². The molecule has 4 heteroatoms. The second kappa shape index (κ2) is 5.14. The fraction of sp³-hybridized carbons (Fsp3) is 0.286. The maximum atomic E-state index is 11.9. The van der Waals surface area contributed by atoms with Gasteiger partial charge < -0.3 is 4.74 Å². The van der Waals surface area contributed by atoms with E-state index in [9.17, 15) is 9.59 Å². The van der Waals surface area contributed by atoms with Gasteiger partial charge in [0.15, 0.2) is 0 Å². The van der Waals surface area contributed by atoms with Crippen molar-refractivity contribution in [3.8, 4) is 0 Å². The van der Waals surface area contributed by atoms with E-state index in [1.165, 1.54) is 11.0 Å². The summed E-state index contributed by atoms with van der Waals surface area (Å²) in [5.41, 5.74) is 2.06. The Hall–Kier alpha value is -1.94. The third kappa shape index (κ3) is 2.19. The van der Waals surface area contributed by atoms with Crippen molar-refractivity contribution in [3.63, 3.8) is 0 Å². The number of anilines is 1. The quantitative estimate of drug-likeness (QED) is 0.758. The molecule has 2 amide bonds. The Morgan fingerprint density at radius 1 is 1.22 bits per heavy atom. The number of amides is 2. The summed E-state index contributed by atoms with van der Waals surface area (Å²) >= 11 is 0. The number of rotatable bonds is 4. The van der Waals surface area contributed by atoms with Gasteiger partial charge in [0.25, 0.3) is 11.8 Å². The Morgan fingerprint density at radius 3 is 2.56 bits per heavy atom. The molecule has 0 bridgehead atoms. The van der Waals surface area contributed by atoms with Crippen LogP contribution in [-0.4, -0.2) is 25.5 Å². The van der Waals surface area contributed by atoms with E-state index in [-0.39, 0.29) is 11.8 Å². The molecule has 1 aromatic carbocycles. The molecular weight excluding hydrogens is 230 g/mol. The monoisotopic (exact) mass is 245 g/mol. The second-order valence-electron chi connectivity index (χ2n) is 4.18. The highest BCUT2D eigenvalue weighted by atomic mass is 16.5. The third-order valence-corrected chi connectivity index (χ3v) is 2.91. The van der Waals surface area contributed by atoms with E-state index in [0.717, 1.165) is 5.56 Å². The molecule has 1 heterocycles.